The smallest absolute Gasteiger partial charge is 0.365 e. The van der Waals surface area contributed by atoms with Crippen LogP contribution in [0.4, 0.5) is 0 Å². The Hall–Kier alpha value is -1.70. The Morgan fingerprint density at radius 1 is 1.19 bits per heavy atom. The standard InChI is InChI=1S/C13H8ClNO5S/c14-8-4-3-7(21-8)13(18)20-15-11(16)9-5-1-2-6(19-5)10(9)12(15)17/h1-6,9-10H/t5-,6+,9-,10+. The van der Waals surface area contributed by atoms with Crippen LogP contribution in [0.3, 0.4) is 0 Å². The van der Waals surface area contributed by atoms with E-state index in [1.807, 2.05) is 0 Å². The fourth-order valence-electron chi connectivity index (χ4n) is 2.92. The Bertz CT molecular complexity index is 668. The third-order valence-electron chi connectivity index (χ3n) is 3.82. The molecule has 4 atom stereocenters. The summed E-state index contributed by atoms with van der Waals surface area (Å²) in [5.74, 6) is -3.01. The van der Waals surface area contributed by atoms with Crippen LogP contribution in [0.1, 0.15) is 9.67 Å². The Balaban J connectivity index is 1.56. The van der Waals surface area contributed by atoms with Gasteiger partial charge in [0, 0.05) is 0 Å². The van der Waals surface area contributed by atoms with Crippen LogP contribution in [-0.2, 0) is 19.2 Å². The summed E-state index contributed by atoms with van der Waals surface area (Å²) >= 11 is 6.76. The first-order valence-corrected chi connectivity index (χ1v) is 7.45. The zero-order chi connectivity index (χ0) is 14.7. The number of carbonyl (C=O) groups excluding carboxylic acids is 3. The third kappa shape index (κ3) is 1.78. The molecule has 1 aromatic heterocycles. The number of ether oxygens (including phenoxy) is 1. The quantitative estimate of drug-likeness (QED) is 0.607. The zero-order valence-electron chi connectivity index (χ0n) is 10.4. The van der Waals surface area contributed by atoms with Gasteiger partial charge in [-0.2, -0.15) is 0 Å². The van der Waals surface area contributed by atoms with E-state index in [0.717, 1.165) is 11.3 Å². The van der Waals surface area contributed by atoms with Crippen molar-refractivity contribution in [3.05, 3.63) is 33.5 Å². The lowest BCUT2D eigenvalue weighted by atomic mass is 9.85. The van der Waals surface area contributed by atoms with Crippen molar-refractivity contribution in [3.8, 4) is 0 Å². The second-order valence-electron chi connectivity index (χ2n) is 4.96. The van der Waals surface area contributed by atoms with Gasteiger partial charge in [-0.15, -0.1) is 16.4 Å². The highest BCUT2D eigenvalue weighted by Crippen LogP contribution is 2.45. The molecule has 0 N–H and O–H groups in total. The molecule has 0 aromatic carbocycles. The molecular formula is C13H8ClNO5S. The number of thiophene rings is 1. The first kappa shape index (κ1) is 13.0. The van der Waals surface area contributed by atoms with E-state index in [-0.39, 0.29) is 4.88 Å². The highest BCUT2D eigenvalue weighted by molar-refractivity contribution is 7.17. The predicted octanol–water partition coefficient (Wildman–Crippen LogP) is 1.41. The van der Waals surface area contributed by atoms with E-state index in [9.17, 15) is 14.4 Å². The van der Waals surface area contributed by atoms with E-state index < -0.39 is 41.8 Å². The SMILES string of the molecule is O=C(ON1C(=O)[C@@H]2[C@H](C1=O)[C@H]1C=C[C@@H]2O1)c1ccc(Cl)s1. The first-order chi connectivity index (χ1) is 10.1. The van der Waals surface area contributed by atoms with E-state index in [2.05, 4.69) is 0 Å². The molecule has 0 radical (unpaired) electrons. The number of fused-ring (bicyclic) bond motifs is 5. The molecule has 2 saturated heterocycles. The van der Waals surface area contributed by atoms with Gasteiger partial charge in [-0.3, -0.25) is 9.59 Å². The van der Waals surface area contributed by atoms with Crippen LogP contribution in [-0.4, -0.2) is 35.1 Å². The second-order valence-corrected chi connectivity index (χ2v) is 6.67. The minimum atomic E-state index is -0.769. The molecule has 21 heavy (non-hydrogen) atoms. The molecule has 2 bridgehead atoms. The Kier molecular flexibility index (Phi) is 2.72. The van der Waals surface area contributed by atoms with E-state index in [4.69, 9.17) is 21.2 Å². The highest BCUT2D eigenvalue weighted by Gasteiger charge is 2.62. The molecule has 1 aromatic rings. The van der Waals surface area contributed by atoms with Gasteiger partial charge in [-0.05, 0) is 12.1 Å². The van der Waals surface area contributed by atoms with Crippen molar-refractivity contribution in [2.45, 2.75) is 12.2 Å². The summed E-state index contributed by atoms with van der Waals surface area (Å²) in [6.07, 6.45) is 2.72. The summed E-state index contributed by atoms with van der Waals surface area (Å²) in [5, 5.41) is 0.570. The molecule has 4 rings (SSSR count). The van der Waals surface area contributed by atoms with Gasteiger partial charge in [0.15, 0.2) is 0 Å². The van der Waals surface area contributed by atoms with Gasteiger partial charge in [0.05, 0.1) is 28.4 Å². The predicted molar refractivity (Wildman–Crippen MR) is 71.4 cm³/mol. The summed E-state index contributed by atoms with van der Waals surface area (Å²) < 4.78 is 5.91. The van der Waals surface area contributed by atoms with Crippen LogP contribution in [0, 0.1) is 11.8 Å². The van der Waals surface area contributed by atoms with Crippen LogP contribution < -0.4 is 0 Å². The van der Waals surface area contributed by atoms with Gasteiger partial charge >= 0.3 is 5.97 Å². The van der Waals surface area contributed by atoms with E-state index in [0.29, 0.717) is 9.40 Å². The Labute approximate surface area is 127 Å². The number of hydrogen-bond acceptors (Lipinski definition) is 6. The van der Waals surface area contributed by atoms with Gasteiger partial charge in [0.2, 0.25) is 0 Å². The molecule has 0 saturated carbocycles. The summed E-state index contributed by atoms with van der Waals surface area (Å²) in [6, 6.07) is 3.03. The third-order valence-corrected chi connectivity index (χ3v) is 5.03. The summed E-state index contributed by atoms with van der Waals surface area (Å²) in [5.41, 5.74) is 0. The maximum Gasteiger partial charge on any atom is 0.373 e. The lowest BCUT2D eigenvalue weighted by Gasteiger charge is -2.15. The molecule has 2 amide bonds. The van der Waals surface area contributed by atoms with Crippen molar-refractivity contribution >= 4 is 40.7 Å². The van der Waals surface area contributed by atoms with E-state index in [1.54, 1.807) is 18.2 Å². The summed E-state index contributed by atoms with van der Waals surface area (Å²) in [7, 11) is 0. The van der Waals surface area contributed by atoms with Crippen molar-refractivity contribution in [3.63, 3.8) is 0 Å². The summed E-state index contributed by atoms with van der Waals surface area (Å²) in [6.45, 7) is 0. The second kappa shape index (κ2) is 4.40. The fourth-order valence-corrected chi connectivity index (χ4v) is 3.83. The van der Waals surface area contributed by atoms with Gasteiger partial charge in [0.25, 0.3) is 11.8 Å². The molecule has 4 heterocycles. The maximum absolute atomic E-state index is 12.3. The Morgan fingerprint density at radius 3 is 2.33 bits per heavy atom. The average Bonchev–Trinajstić information content (AvgIpc) is 3.19. The van der Waals surface area contributed by atoms with Crippen molar-refractivity contribution in [1.82, 2.24) is 5.06 Å². The van der Waals surface area contributed by atoms with Crippen LogP contribution in [0.2, 0.25) is 4.34 Å². The lowest BCUT2D eigenvalue weighted by molar-refractivity contribution is -0.177. The molecule has 2 fully saturated rings. The van der Waals surface area contributed by atoms with Crippen LogP contribution >= 0.6 is 22.9 Å². The lowest BCUT2D eigenvalue weighted by Crippen LogP contribution is -2.36. The van der Waals surface area contributed by atoms with Crippen LogP contribution in [0.5, 0.6) is 0 Å². The number of hydroxylamine groups is 2. The molecule has 3 aliphatic rings. The number of amides is 2. The van der Waals surface area contributed by atoms with Crippen LogP contribution in [0.25, 0.3) is 0 Å². The fraction of sp³-hybridized carbons (Fsp3) is 0.308. The zero-order valence-corrected chi connectivity index (χ0v) is 12.0. The number of carbonyl (C=O) groups is 3. The van der Waals surface area contributed by atoms with Gasteiger partial charge in [-0.25, -0.2) is 4.79 Å². The number of imide groups is 1. The molecular weight excluding hydrogens is 318 g/mol. The number of hydrogen-bond donors (Lipinski definition) is 0. The summed E-state index contributed by atoms with van der Waals surface area (Å²) in [4.78, 5) is 41.6. The minimum Gasteiger partial charge on any atom is -0.365 e. The van der Waals surface area contributed by atoms with Crippen molar-refractivity contribution < 1.29 is 24.0 Å². The van der Waals surface area contributed by atoms with Gasteiger partial charge in [-0.1, -0.05) is 23.8 Å². The molecule has 8 heteroatoms. The molecule has 0 aliphatic carbocycles. The molecule has 0 spiro atoms. The van der Waals surface area contributed by atoms with Crippen molar-refractivity contribution in [1.29, 1.82) is 0 Å². The molecule has 3 aliphatic heterocycles. The van der Waals surface area contributed by atoms with E-state index in [1.165, 1.54) is 6.07 Å². The minimum absolute atomic E-state index is 0.231. The van der Waals surface area contributed by atoms with Gasteiger partial charge in [0.1, 0.15) is 4.88 Å². The monoisotopic (exact) mass is 325 g/mol. The largest absolute Gasteiger partial charge is 0.373 e. The highest BCUT2D eigenvalue weighted by atomic mass is 35.5. The molecule has 0 unspecified atom stereocenters. The van der Waals surface area contributed by atoms with Crippen molar-refractivity contribution in [2.75, 3.05) is 0 Å². The molecule has 108 valence electrons. The Morgan fingerprint density at radius 2 is 1.81 bits per heavy atom. The topological polar surface area (TPSA) is 72.9 Å². The number of halogens is 1. The number of rotatable bonds is 2. The number of nitrogens with zero attached hydrogens (tertiary/aromatic N) is 1. The van der Waals surface area contributed by atoms with Gasteiger partial charge < -0.3 is 9.57 Å². The maximum atomic E-state index is 12.3. The normalized spacial score (nSPS) is 32.9. The first-order valence-electron chi connectivity index (χ1n) is 6.25. The van der Waals surface area contributed by atoms with Crippen LogP contribution in [0.15, 0.2) is 24.3 Å². The van der Waals surface area contributed by atoms with Crippen molar-refractivity contribution in [2.24, 2.45) is 11.8 Å². The van der Waals surface area contributed by atoms with E-state index >= 15 is 0 Å². The molecule has 6 nitrogen and oxygen atoms in total. The average molecular weight is 326 g/mol.